The number of sulfonamides is 1. The third-order valence-electron chi connectivity index (χ3n) is 6.36. The Hall–Kier alpha value is -3.80. The number of aliphatic hydroxyl groups is 1. The minimum absolute atomic E-state index is 0.146. The van der Waals surface area contributed by atoms with E-state index in [9.17, 15) is 18.3 Å². The number of nitrogens with one attached hydrogen (secondary N) is 2. The average molecular weight is 552 g/mol. The molecule has 0 spiro atoms. The lowest BCUT2D eigenvalue weighted by Crippen LogP contribution is -2.42. The van der Waals surface area contributed by atoms with Crippen molar-refractivity contribution in [3.05, 3.63) is 84.4 Å². The molecule has 0 aliphatic rings. The predicted molar refractivity (Wildman–Crippen MR) is 149 cm³/mol. The second-order valence-corrected chi connectivity index (χ2v) is 11.4. The van der Waals surface area contributed by atoms with Crippen LogP contribution < -0.4 is 10.0 Å². The number of imidazole rings is 1. The number of carbonyl (C=O) groups excluding carboxylic acids is 1. The lowest BCUT2D eigenvalue weighted by Gasteiger charge is -2.28. The second-order valence-electron chi connectivity index (χ2n) is 9.75. The Balaban J connectivity index is 1.38. The summed E-state index contributed by atoms with van der Waals surface area (Å²) < 4.78 is 35.2. The molecule has 0 aliphatic carbocycles. The minimum atomic E-state index is -3.80. The molecule has 2 aromatic carbocycles. The van der Waals surface area contributed by atoms with Gasteiger partial charge in [-0.25, -0.2) is 23.2 Å². The van der Waals surface area contributed by atoms with Gasteiger partial charge in [-0.3, -0.25) is 4.72 Å². The first-order valence-electron chi connectivity index (χ1n) is 12.7. The van der Waals surface area contributed by atoms with Gasteiger partial charge in [0, 0.05) is 24.2 Å². The summed E-state index contributed by atoms with van der Waals surface area (Å²) >= 11 is 0. The summed E-state index contributed by atoms with van der Waals surface area (Å²) in [4.78, 5) is 20.7. The maximum atomic E-state index is 12.8. The maximum absolute atomic E-state index is 12.8. The Bertz CT molecular complexity index is 1540. The zero-order chi connectivity index (χ0) is 28.0. The van der Waals surface area contributed by atoms with E-state index in [0.717, 1.165) is 5.52 Å². The number of ether oxygens (including phenoxy) is 1. The van der Waals surface area contributed by atoms with E-state index in [1.807, 2.05) is 18.4 Å². The van der Waals surface area contributed by atoms with Crippen molar-refractivity contribution in [2.24, 2.45) is 0 Å². The van der Waals surface area contributed by atoms with Crippen molar-refractivity contribution >= 4 is 32.7 Å². The number of para-hydroxylation sites is 1. The molecule has 0 saturated carbocycles. The van der Waals surface area contributed by atoms with Gasteiger partial charge in [-0.2, -0.15) is 0 Å². The summed E-state index contributed by atoms with van der Waals surface area (Å²) in [5, 5.41) is 14.4. The van der Waals surface area contributed by atoms with Crippen molar-refractivity contribution in [1.29, 1.82) is 0 Å². The van der Waals surface area contributed by atoms with Gasteiger partial charge in [-0.1, -0.05) is 36.4 Å². The highest BCUT2D eigenvalue weighted by Gasteiger charge is 2.23. The Labute approximate surface area is 228 Å². The van der Waals surface area contributed by atoms with Crippen molar-refractivity contribution in [2.75, 3.05) is 17.9 Å². The molecule has 0 saturated heterocycles. The lowest BCUT2D eigenvalue weighted by atomic mass is 9.99. The summed E-state index contributed by atoms with van der Waals surface area (Å²) in [5.41, 5.74) is 2.12. The van der Waals surface area contributed by atoms with E-state index in [-0.39, 0.29) is 29.3 Å². The molecule has 0 radical (unpaired) electrons. The lowest BCUT2D eigenvalue weighted by molar-refractivity contribution is 0.0519. The fourth-order valence-electron chi connectivity index (χ4n) is 4.11. The van der Waals surface area contributed by atoms with Crippen molar-refractivity contribution < 1.29 is 23.1 Å². The maximum Gasteiger partial charge on any atom is 0.356 e. The number of pyridine rings is 1. The number of rotatable bonds is 12. The van der Waals surface area contributed by atoms with Crippen LogP contribution in [0.25, 0.3) is 11.0 Å². The molecule has 10 nitrogen and oxygen atoms in total. The Kier molecular flexibility index (Phi) is 8.63. The summed E-state index contributed by atoms with van der Waals surface area (Å²) in [5.74, 6) is -0.479. The molecular formula is C28H33N5O5S. The fourth-order valence-corrected chi connectivity index (χ4v) is 5.22. The van der Waals surface area contributed by atoms with E-state index in [2.05, 4.69) is 20.0 Å². The second kappa shape index (κ2) is 11.9. The molecule has 2 heterocycles. The summed E-state index contributed by atoms with van der Waals surface area (Å²) in [6.07, 6.45) is 3.08. The molecule has 1 atom stereocenters. The van der Waals surface area contributed by atoms with Crippen molar-refractivity contribution in [3.8, 4) is 0 Å². The number of hydrogen-bond donors (Lipinski definition) is 3. The van der Waals surface area contributed by atoms with Crippen molar-refractivity contribution in [2.45, 2.75) is 50.3 Å². The molecule has 0 bridgehead atoms. The van der Waals surface area contributed by atoms with Gasteiger partial charge >= 0.3 is 5.97 Å². The number of aryl methyl sites for hydroxylation is 1. The van der Waals surface area contributed by atoms with Gasteiger partial charge in [0.05, 0.1) is 46.9 Å². The molecule has 0 aliphatic heterocycles. The molecule has 2 aromatic heterocycles. The largest absolute Gasteiger partial charge is 0.461 e. The Morgan fingerprint density at radius 3 is 2.56 bits per heavy atom. The van der Waals surface area contributed by atoms with Crippen LogP contribution in [0, 0.1) is 0 Å². The number of esters is 1. The SMILES string of the molecule is CCOC(=O)c1cc2ncn(CCC(C)(C)NCC(O)c3ccccc3NS(=O)(=O)c3ccccc3)c2cn1. The van der Waals surface area contributed by atoms with Crippen molar-refractivity contribution in [3.63, 3.8) is 0 Å². The molecular weight excluding hydrogens is 518 g/mol. The summed E-state index contributed by atoms with van der Waals surface area (Å²) in [7, 11) is -3.80. The van der Waals surface area contributed by atoms with Crippen LogP contribution in [0.1, 0.15) is 49.3 Å². The number of β-amino-alcohol motifs (C(OH)–C–C–N with tert-alkyl or cyclic N) is 1. The van der Waals surface area contributed by atoms with E-state index in [0.29, 0.717) is 29.7 Å². The molecule has 4 rings (SSSR count). The Morgan fingerprint density at radius 2 is 1.82 bits per heavy atom. The Morgan fingerprint density at radius 1 is 1.10 bits per heavy atom. The summed E-state index contributed by atoms with van der Waals surface area (Å²) in [6, 6.07) is 16.5. The van der Waals surface area contributed by atoms with E-state index < -0.39 is 22.1 Å². The number of anilines is 1. The first-order valence-corrected chi connectivity index (χ1v) is 14.2. The van der Waals surface area contributed by atoms with Crippen LogP contribution in [0.3, 0.4) is 0 Å². The number of hydrogen-bond acceptors (Lipinski definition) is 8. The molecule has 0 amide bonds. The normalized spacial score (nSPS) is 12.8. The molecule has 1 unspecified atom stereocenters. The number of carbonyl (C=O) groups is 1. The number of aliphatic hydroxyl groups excluding tert-OH is 1. The van der Waals surface area contributed by atoms with E-state index >= 15 is 0 Å². The fraction of sp³-hybridized carbons (Fsp3) is 0.321. The monoisotopic (exact) mass is 551 g/mol. The zero-order valence-corrected chi connectivity index (χ0v) is 23.0. The molecule has 11 heteroatoms. The highest BCUT2D eigenvalue weighted by Crippen LogP contribution is 2.26. The molecule has 3 N–H and O–H groups in total. The topological polar surface area (TPSA) is 135 Å². The van der Waals surface area contributed by atoms with E-state index in [4.69, 9.17) is 4.74 Å². The highest BCUT2D eigenvalue weighted by atomic mass is 32.2. The van der Waals surface area contributed by atoms with Crippen LogP contribution in [0.15, 0.2) is 78.1 Å². The molecule has 206 valence electrons. The van der Waals surface area contributed by atoms with Crippen LogP contribution in [0.4, 0.5) is 5.69 Å². The molecule has 4 aromatic rings. The number of nitrogens with zero attached hydrogens (tertiary/aromatic N) is 3. The summed E-state index contributed by atoms with van der Waals surface area (Å²) in [6.45, 7) is 6.91. The van der Waals surface area contributed by atoms with Gasteiger partial charge < -0.3 is 19.7 Å². The highest BCUT2D eigenvalue weighted by molar-refractivity contribution is 7.92. The van der Waals surface area contributed by atoms with Crippen molar-refractivity contribution in [1.82, 2.24) is 19.9 Å². The van der Waals surface area contributed by atoms with Gasteiger partial charge in [0.1, 0.15) is 0 Å². The van der Waals surface area contributed by atoms with Crippen LogP contribution in [0.5, 0.6) is 0 Å². The van der Waals surface area contributed by atoms with Gasteiger partial charge in [0.25, 0.3) is 10.0 Å². The first kappa shape index (κ1) is 28.2. The standard InChI is InChI=1S/C28H33N5O5S/c1-4-38-27(35)24-16-23-25(17-29-24)33(19-30-23)15-14-28(2,3)31-18-26(34)21-12-8-9-13-22(21)32-39(36,37)20-10-6-5-7-11-20/h5-13,16-17,19,26,31-32,34H,4,14-15,18H2,1-3H3. The van der Waals surface area contributed by atoms with Crippen LogP contribution in [-0.4, -0.2) is 52.7 Å². The van der Waals surface area contributed by atoms with Gasteiger partial charge in [-0.15, -0.1) is 0 Å². The first-order chi connectivity index (χ1) is 18.6. The minimum Gasteiger partial charge on any atom is -0.461 e. The number of benzene rings is 2. The molecule has 39 heavy (non-hydrogen) atoms. The van der Waals surface area contributed by atoms with Gasteiger partial charge in [0.2, 0.25) is 0 Å². The number of aromatic nitrogens is 3. The smallest absolute Gasteiger partial charge is 0.356 e. The quantitative estimate of drug-likeness (QED) is 0.226. The van der Waals surface area contributed by atoms with Crippen LogP contribution >= 0.6 is 0 Å². The molecule has 0 fully saturated rings. The zero-order valence-electron chi connectivity index (χ0n) is 22.2. The third-order valence-corrected chi connectivity index (χ3v) is 7.74. The predicted octanol–water partition coefficient (Wildman–Crippen LogP) is 3.90. The van der Waals surface area contributed by atoms with E-state index in [1.54, 1.807) is 68.0 Å². The number of fused-ring (bicyclic) bond motifs is 1. The van der Waals surface area contributed by atoms with E-state index in [1.165, 1.54) is 12.1 Å². The third kappa shape index (κ3) is 6.99. The average Bonchev–Trinajstić information content (AvgIpc) is 3.34. The van der Waals surface area contributed by atoms with Crippen LogP contribution in [-0.2, 0) is 21.3 Å². The van der Waals surface area contributed by atoms with Crippen LogP contribution in [0.2, 0.25) is 0 Å². The van der Waals surface area contributed by atoms with Gasteiger partial charge in [0.15, 0.2) is 5.69 Å². The van der Waals surface area contributed by atoms with Gasteiger partial charge in [-0.05, 0) is 51.5 Å².